The number of hydrogen-bond acceptors (Lipinski definition) is 9. The summed E-state index contributed by atoms with van der Waals surface area (Å²) < 4.78 is 40.3. The van der Waals surface area contributed by atoms with Crippen LogP contribution in [-0.2, 0) is 47.0 Å². The van der Waals surface area contributed by atoms with E-state index in [0.717, 1.165) is 16.0 Å². The van der Waals surface area contributed by atoms with Gasteiger partial charge in [0.05, 0.1) is 11.3 Å². The topological polar surface area (TPSA) is 153 Å². The second-order valence-electron chi connectivity index (χ2n) is 9.01. The lowest BCUT2D eigenvalue weighted by Gasteiger charge is -2.36. The van der Waals surface area contributed by atoms with E-state index in [4.69, 9.17) is 19.8 Å². The summed E-state index contributed by atoms with van der Waals surface area (Å²) in [6.07, 6.45) is 0.0495. The molecule has 10 nitrogen and oxygen atoms in total. The first-order valence-electron chi connectivity index (χ1n) is 12.2. The number of carbonyl (C=O) groups is 3. The summed E-state index contributed by atoms with van der Waals surface area (Å²) in [6.45, 7) is 4.06. The highest BCUT2D eigenvalue weighted by Gasteiger charge is 2.34. The molecule has 2 heterocycles. The predicted octanol–water partition coefficient (Wildman–Crippen LogP) is 3.26. The van der Waals surface area contributed by atoms with Gasteiger partial charge in [0.25, 0.3) is 10.1 Å². The number of esters is 2. The number of thiophene rings is 1. The lowest BCUT2D eigenvalue weighted by atomic mass is 10.1. The van der Waals surface area contributed by atoms with Gasteiger partial charge in [0.2, 0.25) is 11.7 Å². The van der Waals surface area contributed by atoms with E-state index < -0.39 is 28.1 Å². The molecule has 1 amide bonds. The monoisotopic (exact) mass is 586 g/mol. The maximum Gasteiger partial charge on any atom is 0.374 e. The third-order valence-electron chi connectivity index (χ3n) is 5.69. The van der Waals surface area contributed by atoms with Crippen molar-refractivity contribution in [3.05, 3.63) is 99.4 Å². The van der Waals surface area contributed by atoms with Crippen LogP contribution in [0.3, 0.4) is 0 Å². The standard InChI is InChI=1S/C21H22N2O5S.C7H8O3S/c1-14(11-23-12-17(22)20(23)25)19(28-18(24)10-16-8-5-9-29-16)21(26)27-13-15-6-3-2-4-7-15;1-6-2-4-7(5-3-6)11(8,9)10/h2-9,17H,10-13,22H2,1H3;2-5H,1H3,(H,8,9,10)/t17-;/m0./s1. The largest absolute Gasteiger partial charge is 0.455 e. The molecule has 0 unspecified atom stereocenters. The van der Waals surface area contributed by atoms with Crippen molar-refractivity contribution in [2.45, 2.75) is 37.8 Å². The minimum atomic E-state index is -4.02. The van der Waals surface area contributed by atoms with E-state index in [-0.39, 0.29) is 36.1 Å². The minimum Gasteiger partial charge on any atom is -0.455 e. The number of β-lactam (4-membered cyclic amide) rings is 1. The molecule has 0 saturated carbocycles. The summed E-state index contributed by atoms with van der Waals surface area (Å²) in [5.74, 6) is -1.70. The van der Waals surface area contributed by atoms with Gasteiger partial charge in [0, 0.05) is 18.0 Å². The molecule has 0 bridgehead atoms. The Labute approximate surface area is 236 Å². The quantitative estimate of drug-likeness (QED) is 0.126. The SMILES string of the molecule is CC(CN1C[C@H](N)C1=O)=C(OC(=O)Cc1cccs1)C(=O)OCc1ccccc1.Cc1ccc(S(=O)(=O)O)cc1. The van der Waals surface area contributed by atoms with Gasteiger partial charge in [-0.25, -0.2) is 4.79 Å². The number of rotatable bonds is 9. The summed E-state index contributed by atoms with van der Waals surface area (Å²) in [7, 11) is -4.02. The van der Waals surface area contributed by atoms with Crippen LogP contribution in [-0.4, -0.2) is 54.8 Å². The molecule has 212 valence electrons. The van der Waals surface area contributed by atoms with Crippen molar-refractivity contribution in [3.8, 4) is 0 Å². The number of nitrogens with two attached hydrogens (primary N) is 1. The molecule has 1 fully saturated rings. The highest BCUT2D eigenvalue weighted by molar-refractivity contribution is 7.85. The Bertz CT molecular complexity index is 1450. The zero-order valence-electron chi connectivity index (χ0n) is 22.0. The first kappa shape index (κ1) is 30.7. The van der Waals surface area contributed by atoms with Gasteiger partial charge >= 0.3 is 11.9 Å². The van der Waals surface area contributed by atoms with E-state index in [0.29, 0.717) is 12.1 Å². The molecule has 3 aromatic rings. The van der Waals surface area contributed by atoms with Crippen molar-refractivity contribution < 1.29 is 36.8 Å². The molecule has 1 atom stereocenters. The van der Waals surface area contributed by atoms with E-state index >= 15 is 0 Å². The smallest absolute Gasteiger partial charge is 0.374 e. The molecular formula is C28H30N2O8S2. The number of aryl methyl sites for hydroxylation is 1. The van der Waals surface area contributed by atoms with Gasteiger partial charge in [-0.05, 0) is 48.6 Å². The molecule has 1 saturated heterocycles. The molecule has 1 aliphatic heterocycles. The number of carbonyl (C=O) groups excluding carboxylic acids is 3. The second kappa shape index (κ2) is 14.0. The van der Waals surface area contributed by atoms with Crippen molar-refractivity contribution >= 4 is 39.3 Å². The van der Waals surface area contributed by atoms with E-state index in [1.54, 1.807) is 19.1 Å². The van der Waals surface area contributed by atoms with Crippen LogP contribution in [0.15, 0.2) is 88.3 Å². The molecule has 0 spiro atoms. The maximum atomic E-state index is 12.6. The van der Waals surface area contributed by atoms with E-state index in [1.807, 2.05) is 54.8 Å². The Balaban J connectivity index is 0.000000336. The lowest BCUT2D eigenvalue weighted by molar-refractivity contribution is -0.152. The van der Waals surface area contributed by atoms with Gasteiger partial charge in [-0.3, -0.25) is 14.1 Å². The molecule has 1 aliphatic rings. The van der Waals surface area contributed by atoms with Crippen LogP contribution < -0.4 is 5.73 Å². The first-order chi connectivity index (χ1) is 18.9. The number of amides is 1. The Hall–Kier alpha value is -3.84. The van der Waals surface area contributed by atoms with Crippen LogP contribution in [0.4, 0.5) is 0 Å². The summed E-state index contributed by atoms with van der Waals surface area (Å²) in [4.78, 5) is 39.0. The summed E-state index contributed by atoms with van der Waals surface area (Å²) >= 11 is 1.43. The van der Waals surface area contributed by atoms with Crippen LogP contribution in [0.1, 0.15) is 22.9 Å². The van der Waals surface area contributed by atoms with Crippen molar-refractivity contribution in [1.82, 2.24) is 4.90 Å². The number of ether oxygens (including phenoxy) is 2. The van der Waals surface area contributed by atoms with Crippen LogP contribution in [0.5, 0.6) is 0 Å². The van der Waals surface area contributed by atoms with Crippen molar-refractivity contribution in [3.63, 3.8) is 0 Å². The average molecular weight is 587 g/mol. The Morgan fingerprint density at radius 2 is 1.75 bits per heavy atom. The van der Waals surface area contributed by atoms with E-state index in [9.17, 15) is 22.8 Å². The number of hydrogen-bond donors (Lipinski definition) is 2. The maximum absolute atomic E-state index is 12.6. The third-order valence-corrected chi connectivity index (χ3v) is 7.44. The minimum absolute atomic E-state index is 0.0481. The fourth-order valence-electron chi connectivity index (χ4n) is 3.54. The molecule has 1 aromatic heterocycles. The van der Waals surface area contributed by atoms with Gasteiger partial charge in [0.15, 0.2) is 0 Å². The van der Waals surface area contributed by atoms with E-state index in [2.05, 4.69) is 0 Å². The average Bonchev–Trinajstić information content (AvgIpc) is 3.43. The van der Waals surface area contributed by atoms with Gasteiger partial charge in [-0.1, -0.05) is 54.1 Å². The highest BCUT2D eigenvalue weighted by atomic mass is 32.2. The van der Waals surface area contributed by atoms with Gasteiger partial charge < -0.3 is 20.1 Å². The second-order valence-corrected chi connectivity index (χ2v) is 11.5. The summed E-state index contributed by atoms with van der Waals surface area (Å²) in [6, 6.07) is 18.3. The lowest BCUT2D eigenvalue weighted by Crippen LogP contribution is -2.61. The highest BCUT2D eigenvalue weighted by Crippen LogP contribution is 2.18. The fourth-order valence-corrected chi connectivity index (χ4v) is 4.71. The van der Waals surface area contributed by atoms with Crippen LogP contribution in [0, 0.1) is 6.92 Å². The zero-order chi connectivity index (χ0) is 29.3. The summed E-state index contributed by atoms with van der Waals surface area (Å²) in [5.41, 5.74) is 7.81. The summed E-state index contributed by atoms with van der Waals surface area (Å²) in [5, 5.41) is 1.86. The normalized spacial score (nSPS) is 15.2. The Kier molecular flexibility index (Phi) is 10.7. The Morgan fingerprint density at radius 3 is 2.30 bits per heavy atom. The van der Waals surface area contributed by atoms with Gasteiger partial charge in [0.1, 0.15) is 12.6 Å². The van der Waals surface area contributed by atoms with Crippen molar-refractivity contribution in [2.24, 2.45) is 5.73 Å². The fraction of sp³-hybridized carbons (Fsp3) is 0.250. The number of likely N-dealkylation sites (tertiary alicyclic amines) is 1. The first-order valence-corrected chi connectivity index (χ1v) is 14.5. The molecule has 3 N–H and O–H groups in total. The van der Waals surface area contributed by atoms with Gasteiger partial charge in [-0.2, -0.15) is 8.42 Å². The molecule has 0 radical (unpaired) electrons. The predicted molar refractivity (Wildman–Crippen MR) is 149 cm³/mol. The van der Waals surface area contributed by atoms with Crippen molar-refractivity contribution in [2.75, 3.05) is 13.1 Å². The Morgan fingerprint density at radius 1 is 1.07 bits per heavy atom. The third kappa shape index (κ3) is 9.12. The van der Waals surface area contributed by atoms with Crippen LogP contribution in [0.2, 0.25) is 0 Å². The number of nitrogens with zero attached hydrogens (tertiary/aromatic N) is 1. The van der Waals surface area contributed by atoms with Crippen molar-refractivity contribution in [1.29, 1.82) is 0 Å². The molecular weight excluding hydrogens is 556 g/mol. The van der Waals surface area contributed by atoms with Gasteiger partial charge in [-0.15, -0.1) is 11.3 Å². The van der Waals surface area contributed by atoms with Crippen LogP contribution in [0.25, 0.3) is 0 Å². The molecule has 2 aromatic carbocycles. The molecule has 4 rings (SSSR count). The molecule has 40 heavy (non-hydrogen) atoms. The number of benzene rings is 2. The molecule has 0 aliphatic carbocycles. The zero-order valence-corrected chi connectivity index (χ0v) is 23.6. The van der Waals surface area contributed by atoms with E-state index in [1.165, 1.54) is 28.4 Å². The molecule has 12 heteroatoms. The van der Waals surface area contributed by atoms with Crippen LogP contribution >= 0.6 is 11.3 Å².